The third kappa shape index (κ3) is 3.72. The van der Waals surface area contributed by atoms with Gasteiger partial charge in [0, 0.05) is 12.2 Å². The summed E-state index contributed by atoms with van der Waals surface area (Å²) in [4.78, 5) is 0. The smallest absolute Gasteiger partial charge is 0.124 e. The fourth-order valence-corrected chi connectivity index (χ4v) is 2.09. The number of methoxy groups -OCH3 is 1. The van der Waals surface area contributed by atoms with Gasteiger partial charge in [0.1, 0.15) is 11.9 Å². The molecule has 2 aromatic carbocycles. The van der Waals surface area contributed by atoms with Crippen LogP contribution in [0, 0.1) is 0 Å². The zero-order valence-corrected chi connectivity index (χ0v) is 12.0. The van der Waals surface area contributed by atoms with E-state index in [9.17, 15) is 0 Å². The molecule has 1 atom stereocenters. The second-order valence-electron chi connectivity index (χ2n) is 4.39. The van der Waals surface area contributed by atoms with Crippen LogP contribution in [-0.4, -0.2) is 13.7 Å². The summed E-state index contributed by atoms with van der Waals surface area (Å²) in [5.74, 6) is 0.851. The normalized spacial score (nSPS) is 12.5. The van der Waals surface area contributed by atoms with Crippen LogP contribution in [-0.2, 0) is 4.74 Å². The lowest BCUT2D eigenvalue weighted by molar-refractivity contribution is 0.0953. The Bertz CT molecular complexity index is 546. The molecule has 0 saturated carbocycles. The molecule has 0 heterocycles. The van der Waals surface area contributed by atoms with Crippen LogP contribution in [0.25, 0.3) is 6.08 Å². The molecule has 0 amide bonds. The first-order valence-electron chi connectivity index (χ1n) is 6.83. The Morgan fingerprint density at radius 3 is 2.40 bits per heavy atom. The number of para-hydroxylation sites is 1. The lowest BCUT2D eigenvalue weighted by Crippen LogP contribution is -2.03. The van der Waals surface area contributed by atoms with E-state index >= 15 is 0 Å². The quantitative estimate of drug-likeness (QED) is 0.768. The summed E-state index contributed by atoms with van der Waals surface area (Å²) < 4.78 is 11.2. The highest BCUT2D eigenvalue weighted by atomic mass is 16.5. The van der Waals surface area contributed by atoms with Gasteiger partial charge in [0.15, 0.2) is 0 Å². The molecule has 0 spiro atoms. The van der Waals surface area contributed by atoms with Crippen molar-refractivity contribution in [3.8, 4) is 5.75 Å². The van der Waals surface area contributed by atoms with E-state index in [-0.39, 0.29) is 6.10 Å². The van der Waals surface area contributed by atoms with Gasteiger partial charge in [-0.2, -0.15) is 0 Å². The molecule has 0 aliphatic carbocycles. The average molecular weight is 268 g/mol. The van der Waals surface area contributed by atoms with Gasteiger partial charge < -0.3 is 9.47 Å². The first kappa shape index (κ1) is 14.4. The van der Waals surface area contributed by atoms with Crippen LogP contribution in [0.2, 0.25) is 0 Å². The molecule has 1 unspecified atom stereocenters. The maximum absolute atomic E-state index is 5.83. The van der Waals surface area contributed by atoms with Crippen molar-refractivity contribution in [2.75, 3.05) is 13.7 Å². The van der Waals surface area contributed by atoms with Gasteiger partial charge in [-0.05, 0) is 18.6 Å². The summed E-state index contributed by atoms with van der Waals surface area (Å²) in [6.07, 6.45) is 4.04. The van der Waals surface area contributed by atoms with E-state index in [0.29, 0.717) is 6.61 Å². The molecule has 0 aromatic heterocycles. The van der Waals surface area contributed by atoms with E-state index in [0.717, 1.165) is 16.9 Å². The van der Waals surface area contributed by atoms with Gasteiger partial charge in [-0.1, -0.05) is 60.7 Å². The van der Waals surface area contributed by atoms with Crippen molar-refractivity contribution in [2.24, 2.45) is 0 Å². The molecule has 0 fully saturated rings. The summed E-state index contributed by atoms with van der Waals surface area (Å²) in [7, 11) is 1.68. The van der Waals surface area contributed by atoms with Gasteiger partial charge in [-0.3, -0.25) is 0 Å². The number of hydrogen-bond donors (Lipinski definition) is 0. The van der Waals surface area contributed by atoms with Gasteiger partial charge in [0.05, 0.1) is 7.11 Å². The number of rotatable bonds is 6. The van der Waals surface area contributed by atoms with Crippen LogP contribution in [0.5, 0.6) is 5.75 Å². The van der Waals surface area contributed by atoms with Gasteiger partial charge >= 0.3 is 0 Å². The zero-order chi connectivity index (χ0) is 14.2. The fraction of sp³-hybridized carbons (Fsp3) is 0.222. The van der Waals surface area contributed by atoms with Crippen LogP contribution >= 0.6 is 0 Å². The molecule has 0 N–H and O–H groups in total. The lowest BCUT2D eigenvalue weighted by Gasteiger charge is -2.16. The Morgan fingerprint density at radius 1 is 1.00 bits per heavy atom. The summed E-state index contributed by atoms with van der Waals surface area (Å²) in [6, 6.07) is 18.2. The second-order valence-corrected chi connectivity index (χ2v) is 4.39. The van der Waals surface area contributed by atoms with Crippen LogP contribution in [0.15, 0.2) is 60.7 Å². The first-order chi connectivity index (χ1) is 9.85. The number of benzene rings is 2. The third-order valence-corrected chi connectivity index (χ3v) is 3.05. The van der Waals surface area contributed by atoms with Crippen molar-refractivity contribution in [1.82, 2.24) is 0 Å². The Hall–Kier alpha value is -2.06. The zero-order valence-electron chi connectivity index (χ0n) is 12.0. The fourth-order valence-electron chi connectivity index (χ4n) is 2.09. The van der Waals surface area contributed by atoms with Crippen molar-refractivity contribution in [1.29, 1.82) is 0 Å². The Morgan fingerprint density at radius 2 is 1.70 bits per heavy atom. The molecule has 20 heavy (non-hydrogen) atoms. The number of hydrogen-bond acceptors (Lipinski definition) is 2. The van der Waals surface area contributed by atoms with Crippen LogP contribution in [0.3, 0.4) is 0 Å². The standard InChI is InChI=1S/C18H20O2/c1-3-20-18(14-13-15-9-5-4-6-10-15)16-11-7-8-12-17(16)19-2/h4-14,18H,3H2,1-2H3. The SMILES string of the molecule is CCOC(C=Cc1ccccc1)c1ccccc1OC. The molecule has 2 heteroatoms. The molecule has 0 saturated heterocycles. The Kier molecular flexibility index (Phi) is 5.39. The molecular formula is C18H20O2. The minimum Gasteiger partial charge on any atom is -0.496 e. The molecule has 2 rings (SSSR count). The molecule has 2 aromatic rings. The molecule has 0 aliphatic heterocycles. The van der Waals surface area contributed by atoms with E-state index in [1.165, 1.54) is 0 Å². The van der Waals surface area contributed by atoms with Crippen molar-refractivity contribution >= 4 is 6.08 Å². The third-order valence-electron chi connectivity index (χ3n) is 3.05. The summed E-state index contributed by atoms with van der Waals surface area (Å²) in [5.41, 5.74) is 2.20. The van der Waals surface area contributed by atoms with Crippen LogP contribution < -0.4 is 4.74 Å². The van der Waals surface area contributed by atoms with Crippen molar-refractivity contribution in [2.45, 2.75) is 13.0 Å². The van der Waals surface area contributed by atoms with Crippen LogP contribution in [0.1, 0.15) is 24.2 Å². The first-order valence-corrected chi connectivity index (χ1v) is 6.83. The van der Waals surface area contributed by atoms with E-state index < -0.39 is 0 Å². The molecule has 0 radical (unpaired) electrons. The van der Waals surface area contributed by atoms with Gasteiger partial charge in [0.25, 0.3) is 0 Å². The number of ether oxygens (including phenoxy) is 2. The predicted molar refractivity (Wildman–Crippen MR) is 82.8 cm³/mol. The topological polar surface area (TPSA) is 18.5 Å². The summed E-state index contributed by atoms with van der Waals surface area (Å²) >= 11 is 0. The predicted octanol–water partition coefficient (Wildman–Crippen LogP) is 4.49. The summed E-state index contributed by atoms with van der Waals surface area (Å²) in [5, 5.41) is 0. The Balaban J connectivity index is 2.25. The summed E-state index contributed by atoms with van der Waals surface area (Å²) in [6.45, 7) is 2.65. The minimum atomic E-state index is -0.101. The van der Waals surface area contributed by atoms with Crippen molar-refractivity contribution in [3.05, 3.63) is 71.8 Å². The highest BCUT2D eigenvalue weighted by Gasteiger charge is 2.12. The molecule has 104 valence electrons. The van der Waals surface area contributed by atoms with Crippen LogP contribution in [0.4, 0.5) is 0 Å². The van der Waals surface area contributed by atoms with Gasteiger partial charge in [-0.15, -0.1) is 0 Å². The van der Waals surface area contributed by atoms with Gasteiger partial charge in [-0.25, -0.2) is 0 Å². The van der Waals surface area contributed by atoms with Crippen molar-refractivity contribution < 1.29 is 9.47 Å². The van der Waals surface area contributed by atoms with E-state index in [2.05, 4.69) is 24.3 Å². The van der Waals surface area contributed by atoms with Gasteiger partial charge in [0.2, 0.25) is 0 Å². The van der Waals surface area contributed by atoms with Crippen molar-refractivity contribution in [3.63, 3.8) is 0 Å². The second kappa shape index (κ2) is 7.51. The molecular weight excluding hydrogens is 248 g/mol. The van der Waals surface area contributed by atoms with E-state index in [1.54, 1.807) is 7.11 Å². The van der Waals surface area contributed by atoms with E-state index in [4.69, 9.17) is 9.47 Å². The highest BCUT2D eigenvalue weighted by molar-refractivity contribution is 5.51. The average Bonchev–Trinajstić information content (AvgIpc) is 2.52. The molecule has 0 bridgehead atoms. The lowest BCUT2D eigenvalue weighted by atomic mass is 10.1. The maximum Gasteiger partial charge on any atom is 0.124 e. The Labute approximate surface area is 120 Å². The monoisotopic (exact) mass is 268 g/mol. The molecule has 0 aliphatic rings. The minimum absolute atomic E-state index is 0.101. The largest absolute Gasteiger partial charge is 0.496 e. The molecule has 2 nitrogen and oxygen atoms in total. The highest BCUT2D eigenvalue weighted by Crippen LogP contribution is 2.28. The van der Waals surface area contributed by atoms with E-state index in [1.807, 2.05) is 49.4 Å². The maximum atomic E-state index is 5.83.